The van der Waals surface area contributed by atoms with Crippen molar-refractivity contribution in [2.24, 2.45) is 14.1 Å². The molecule has 366 valence electrons. The van der Waals surface area contributed by atoms with Gasteiger partial charge in [0.2, 0.25) is 0 Å². The predicted molar refractivity (Wildman–Crippen MR) is 305 cm³/mol. The molecule has 0 amide bonds. The van der Waals surface area contributed by atoms with Crippen LogP contribution in [-0.2, 0) is 40.6 Å². The normalized spacial score (nSPS) is 12.9. The minimum Gasteiger partial charge on any atom is -0.509 e. The van der Waals surface area contributed by atoms with Gasteiger partial charge in [0.05, 0.1) is 27.8 Å². The van der Waals surface area contributed by atoms with Crippen molar-refractivity contribution in [2.75, 3.05) is 9.80 Å². The monoisotopic (exact) mass is 1150 g/mol. The Labute approximate surface area is 448 Å². The molecule has 9 heteroatoms. The minimum atomic E-state index is -0.0745. The number of hydrogen-bond donors (Lipinski definition) is 0. The summed E-state index contributed by atoms with van der Waals surface area (Å²) in [5, 5.41) is 9.54. The summed E-state index contributed by atoms with van der Waals surface area (Å²) in [6.07, 6.45) is 1.92. The second kappa shape index (κ2) is 16.7. The molecule has 0 unspecified atom stereocenters. The fourth-order valence-electron chi connectivity index (χ4n) is 12.0. The number of aryl methyl sites for hydroxylation is 2. The number of anilines is 4. The first kappa shape index (κ1) is 45.1. The molecule has 1 aliphatic rings. The number of para-hydroxylation sites is 6. The number of ether oxygens (including phenoxy) is 1. The number of hydrogen-bond acceptors (Lipinski definition) is 4. The summed E-state index contributed by atoms with van der Waals surface area (Å²) in [6, 6.07) is 74.6. The number of benzene rings is 9. The maximum atomic E-state index is 6.83. The van der Waals surface area contributed by atoms with Gasteiger partial charge in [-0.25, -0.2) is 4.98 Å². The molecule has 0 atom stereocenters. The topological polar surface area (TPSA) is 48.3 Å². The number of nitrogens with zero attached hydrogens (tertiary/aromatic N) is 7. The molecule has 0 bridgehead atoms. The SMILES string of the molecule is Cn1c2ccccc2c2cc3c4ccccc4n(C)c3c(N3[CH-]N(c4[c-]c(Oc5[c-]c6c(cc5)c5cc(-n7c8ccccc8c8ccccc87)ccc5n6-c5cc(C(C)(C)C)ccn5)ccc4)c4ccccc43)c21.[Pt]. The van der Waals surface area contributed by atoms with E-state index in [1.54, 1.807) is 0 Å². The molecule has 0 radical (unpaired) electrons. The summed E-state index contributed by atoms with van der Waals surface area (Å²) in [6.45, 7) is 8.93. The third-order valence-electron chi connectivity index (χ3n) is 15.4. The Hall–Kier alpha value is -8.58. The molecular weight excluding hydrogens is 1100 g/mol. The van der Waals surface area contributed by atoms with E-state index in [0.717, 1.165) is 56.1 Å². The van der Waals surface area contributed by atoms with Gasteiger partial charge in [0.15, 0.2) is 0 Å². The van der Waals surface area contributed by atoms with Crippen LogP contribution >= 0.6 is 0 Å². The maximum Gasteiger partial charge on any atom is 0.135 e. The molecule has 8 nitrogen and oxygen atoms in total. The smallest absolute Gasteiger partial charge is 0.135 e. The van der Waals surface area contributed by atoms with E-state index in [0.29, 0.717) is 11.5 Å². The minimum absolute atomic E-state index is 0. The molecule has 1 aliphatic heterocycles. The molecule has 0 aliphatic carbocycles. The van der Waals surface area contributed by atoms with E-state index in [1.165, 1.54) is 71.0 Å². The summed E-state index contributed by atoms with van der Waals surface area (Å²) < 4.78 is 16.1. The van der Waals surface area contributed by atoms with Crippen LogP contribution < -0.4 is 14.5 Å². The van der Waals surface area contributed by atoms with E-state index in [4.69, 9.17) is 9.72 Å². The zero-order chi connectivity index (χ0) is 49.6. The molecule has 75 heavy (non-hydrogen) atoms. The summed E-state index contributed by atoms with van der Waals surface area (Å²) >= 11 is 0. The Kier molecular flexibility index (Phi) is 10.0. The fourth-order valence-corrected chi connectivity index (χ4v) is 12.0. The van der Waals surface area contributed by atoms with Crippen molar-refractivity contribution in [3.8, 4) is 23.0 Å². The van der Waals surface area contributed by atoms with Crippen molar-refractivity contribution in [1.82, 2.24) is 23.3 Å². The van der Waals surface area contributed by atoms with Crippen LogP contribution in [0.3, 0.4) is 0 Å². The van der Waals surface area contributed by atoms with Gasteiger partial charge >= 0.3 is 0 Å². The zero-order valence-corrected chi connectivity index (χ0v) is 44.2. The van der Waals surface area contributed by atoms with Crippen molar-refractivity contribution in [3.05, 3.63) is 219 Å². The Morgan fingerprint density at radius 1 is 0.467 bits per heavy atom. The van der Waals surface area contributed by atoms with Crippen molar-refractivity contribution in [2.45, 2.75) is 26.2 Å². The van der Waals surface area contributed by atoms with Crippen LogP contribution in [0.4, 0.5) is 22.7 Å². The molecule has 14 aromatic rings. The molecule has 0 N–H and O–H groups in total. The van der Waals surface area contributed by atoms with Crippen LogP contribution in [0.25, 0.3) is 98.7 Å². The first-order valence-corrected chi connectivity index (χ1v) is 25.2. The van der Waals surface area contributed by atoms with Crippen LogP contribution in [0.15, 0.2) is 194 Å². The number of pyridine rings is 1. The Balaban J connectivity index is 0.00000516. The average Bonchev–Trinajstić information content (AvgIpc) is 4.23. The van der Waals surface area contributed by atoms with E-state index in [9.17, 15) is 0 Å². The van der Waals surface area contributed by atoms with Crippen LogP contribution in [-0.4, -0.2) is 23.3 Å². The second-order valence-corrected chi connectivity index (χ2v) is 20.7. The first-order chi connectivity index (χ1) is 36.2. The van der Waals surface area contributed by atoms with E-state index in [2.05, 4.69) is 252 Å². The molecule has 9 aromatic carbocycles. The van der Waals surface area contributed by atoms with Crippen LogP contribution in [0, 0.1) is 18.8 Å². The van der Waals surface area contributed by atoms with E-state index in [1.807, 2.05) is 24.4 Å². The van der Waals surface area contributed by atoms with Gasteiger partial charge in [0.1, 0.15) is 5.82 Å². The molecular formula is C66H48N7OPt-3. The van der Waals surface area contributed by atoms with Crippen LogP contribution in [0.1, 0.15) is 26.3 Å². The first-order valence-electron chi connectivity index (χ1n) is 25.2. The Morgan fingerprint density at radius 3 is 1.67 bits per heavy atom. The molecule has 0 spiro atoms. The fraction of sp³-hybridized carbons (Fsp3) is 0.0909. The van der Waals surface area contributed by atoms with E-state index in [-0.39, 0.29) is 26.5 Å². The Bertz CT molecular complexity index is 4510. The number of rotatable bonds is 6. The van der Waals surface area contributed by atoms with Crippen LogP contribution in [0.5, 0.6) is 11.5 Å². The summed E-state index contributed by atoms with van der Waals surface area (Å²) in [5.41, 5.74) is 15.3. The van der Waals surface area contributed by atoms with Gasteiger partial charge < -0.3 is 32.8 Å². The van der Waals surface area contributed by atoms with E-state index < -0.39 is 0 Å². The molecule has 5 aromatic heterocycles. The molecule has 0 saturated carbocycles. The van der Waals surface area contributed by atoms with Crippen molar-refractivity contribution in [3.63, 3.8) is 0 Å². The maximum absolute atomic E-state index is 6.83. The van der Waals surface area contributed by atoms with Crippen molar-refractivity contribution >= 4 is 110 Å². The number of aromatic nitrogens is 5. The van der Waals surface area contributed by atoms with Gasteiger partial charge in [-0.05, 0) is 89.2 Å². The average molecular weight is 1150 g/mol. The van der Waals surface area contributed by atoms with Gasteiger partial charge in [-0.1, -0.05) is 111 Å². The molecule has 15 rings (SSSR count). The van der Waals surface area contributed by atoms with Gasteiger partial charge in [0.25, 0.3) is 0 Å². The third kappa shape index (κ3) is 6.68. The third-order valence-corrected chi connectivity index (χ3v) is 15.4. The van der Waals surface area contributed by atoms with Gasteiger partial charge in [-0.2, -0.15) is 12.1 Å². The second-order valence-electron chi connectivity index (χ2n) is 20.7. The van der Waals surface area contributed by atoms with Gasteiger partial charge in [0, 0.05) is 119 Å². The van der Waals surface area contributed by atoms with Crippen molar-refractivity contribution < 1.29 is 25.8 Å². The predicted octanol–water partition coefficient (Wildman–Crippen LogP) is 16.7. The van der Waals surface area contributed by atoms with E-state index >= 15 is 0 Å². The summed E-state index contributed by atoms with van der Waals surface area (Å²) in [5.74, 6) is 1.99. The largest absolute Gasteiger partial charge is 0.509 e. The Morgan fingerprint density at radius 2 is 1.03 bits per heavy atom. The standard InChI is InChI=1S/C66H48N7O.Pt/c1-66(2,3)41-33-34-67-62(35-41)73-58-32-29-43(72-56-25-12-8-19-46(56)47-20-9-13-26-57(47)72)37-51(58)50-31-30-45(38-61(50)73)74-44-18-16-17-42(36-44)70-40-71(60-28-15-14-27-59(60)70)65-63-52(48-21-6-10-23-54(48)68(63)4)39-53-49-22-7-11-24-55(49)69(5)64(53)65;/h6-35,37,39-40H,1-5H3;/q-3;. The zero-order valence-electron chi connectivity index (χ0n) is 41.9. The number of fused-ring (bicyclic) bond motifs is 13. The quantitative estimate of drug-likeness (QED) is 0.156. The molecule has 0 fully saturated rings. The van der Waals surface area contributed by atoms with Crippen LogP contribution in [0.2, 0.25) is 0 Å². The van der Waals surface area contributed by atoms with Gasteiger partial charge in [-0.3, -0.25) is 0 Å². The summed E-state index contributed by atoms with van der Waals surface area (Å²) in [7, 11) is 4.38. The van der Waals surface area contributed by atoms with Crippen molar-refractivity contribution in [1.29, 1.82) is 0 Å². The van der Waals surface area contributed by atoms with Gasteiger partial charge in [-0.15, -0.1) is 48.1 Å². The summed E-state index contributed by atoms with van der Waals surface area (Å²) in [4.78, 5) is 9.60. The molecule has 0 saturated heterocycles. The molecule has 6 heterocycles.